The number of urea groups is 1. The SMILES string of the molecule is O=C1N/C(=C/c2ccccc2OCc2ccccc2Cl)C(=O)N1c1ccccc1. The highest BCUT2D eigenvalue weighted by atomic mass is 35.5. The Labute approximate surface area is 173 Å². The van der Waals surface area contributed by atoms with Crippen LogP contribution in [-0.2, 0) is 11.4 Å². The van der Waals surface area contributed by atoms with E-state index in [0.29, 0.717) is 22.0 Å². The number of amides is 3. The Bertz CT molecular complexity index is 1100. The number of hydrogen-bond donors (Lipinski definition) is 1. The lowest BCUT2D eigenvalue weighted by Gasteiger charge is -2.11. The molecule has 1 N–H and O–H groups in total. The number of para-hydroxylation sites is 2. The molecule has 1 saturated heterocycles. The molecule has 0 spiro atoms. The first-order valence-corrected chi connectivity index (χ1v) is 9.39. The Morgan fingerprint density at radius 1 is 0.897 bits per heavy atom. The van der Waals surface area contributed by atoms with Gasteiger partial charge in [-0.2, -0.15) is 0 Å². The van der Waals surface area contributed by atoms with Crippen molar-refractivity contribution in [2.24, 2.45) is 0 Å². The average molecular weight is 405 g/mol. The normalized spacial score (nSPS) is 14.9. The molecule has 0 radical (unpaired) electrons. The van der Waals surface area contributed by atoms with Crippen molar-refractivity contribution in [2.45, 2.75) is 6.61 Å². The molecule has 0 saturated carbocycles. The van der Waals surface area contributed by atoms with Crippen LogP contribution >= 0.6 is 11.6 Å². The fraction of sp³-hybridized carbons (Fsp3) is 0.0435. The molecule has 144 valence electrons. The van der Waals surface area contributed by atoms with Gasteiger partial charge < -0.3 is 10.1 Å². The van der Waals surface area contributed by atoms with Gasteiger partial charge in [0.1, 0.15) is 18.1 Å². The molecule has 0 aliphatic carbocycles. The first kappa shape index (κ1) is 18.8. The summed E-state index contributed by atoms with van der Waals surface area (Å²) >= 11 is 6.19. The molecule has 0 unspecified atom stereocenters. The van der Waals surface area contributed by atoms with Crippen LogP contribution in [0.5, 0.6) is 5.75 Å². The molecule has 1 heterocycles. The molecule has 0 bridgehead atoms. The summed E-state index contributed by atoms with van der Waals surface area (Å²) in [6.07, 6.45) is 1.62. The molecule has 1 aliphatic rings. The number of carbonyl (C=O) groups excluding carboxylic acids is 2. The topological polar surface area (TPSA) is 58.6 Å². The predicted molar refractivity (Wildman–Crippen MR) is 113 cm³/mol. The highest BCUT2D eigenvalue weighted by molar-refractivity contribution is 6.31. The number of anilines is 1. The average Bonchev–Trinajstić information content (AvgIpc) is 3.02. The summed E-state index contributed by atoms with van der Waals surface area (Å²) < 4.78 is 5.92. The summed E-state index contributed by atoms with van der Waals surface area (Å²) in [6, 6.07) is 23.1. The van der Waals surface area contributed by atoms with Crippen molar-refractivity contribution in [3.8, 4) is 5.75 Å². The Balaban J connectivity index is 1.58. The van der Waals surface area contributed by atoms with Gasteiger partial charge in [-0.1, -0.05) is 66.2 Å². The standard InChI is InChI=1S/C23H17ClN2O3/c24-19-12-6-4-9-17(19)15-29-21-13-7-5-8-16(21)14-20-22(27)26(23(28)25-20)18-10-2-1-3-11-18/h1-14H,15H2,(H,25,28)/b20-14+. The molecule has 3 aromatic rings. The zero-order chi connectivity index (χ0) is 20.2. The minimum absolute atomic E-state index is 0.188. The van der Waals surface area contributed by atoms with Gasteiger partial charge in [-0.3, -0.25) is 4.79 Å². The smallest absolute Gasteiger partial charge is 0.333 e. The van der Waals surface area contributed by atoms with Crippen molar-refractivity contribution in [3.63, 3.8) is 0 Å². The maximum absolute atomic E-state index is 12.8. The van der Waals surface area contributed by atoms with Crippen LogP contribution in [0.15, 0.2) is 84.6 Å². The Morgan fingerprint density at radius 2 is 1.59 bits per heavy atom. The Hall–Kier alpha value is -3.57. The van der Waals surface area contributed by atoms with Gasteiger partial charge in [0.25, 0.3) is 5.91 Å². The van der Waals surface area contributed by atoms with E-state index in [2.05, 4.69) is 5.32 Å². The van der Waals surface area contributed by atoms with Crippen LogP contribution in [0.25, 0.3) is 6.08 Å². The van der Waals surface area contributed by atoms with E-state index in [0.717, 1.165) is 10.5 Å². The van der Waals surface area contributed by atoms with Crippen LogP contribution in [0.4, 0.5) is 10.5 Å². The summed E-state index contributed by atoms with van der Waals surface area (Å²) in [5.41, 5.74) is 2.24. The van der Waals surface area contributed by atoms with Crippen LogP contribution in [0.1, 0.15) is 11.1 Å². The number of imide groups is 1. The summed E-state index contributed by atoms with van der Waals surface area (Å²) in [5, 5.41) is 3.26. The largest absolute Gasteiger partial charge is 0.488 e. The van der Waals surface area contributed by atoms with Crippen molar-refractivity contribution in [2.75, 3.05) is 4.90 Å². The van der Waals surface area contributed by atoms with Crippen molar-refractivity contribution < 1.29 is 14.3 Å². The lowest BCUT2D eigenvalue weighted by Crippen LogP contribution is -2.30. The molecule has 1 aliphatic heterocycles. The third-order valence-corrected chi connectivity index (χ3v) is 4.82. The van der Waals surface area contributed by atoms with Crippen LogP contribution in [0.2, 0.25) is 5.02 Å². The van der Waals surface area contributed by atoms with E-state index in [4.69, 9.17) is 16.3 Å². The van der Waals surface area contributed by atoms with Crippen LogP contribution in [0.3, 0.4) is 0 Å². The molecule has 6 heteroatoms. The molecule has 0 aromatic heterocycles. The lowest BCUT2D eigenvalue weighted by molar-refractivity contribution is -0.113. The monoisotopic (exact) mass is 404 g/mol. The van der Waals surface area contributed by atoms with Gasteiger partial charge in [-0.05, 0) is 30.3 Å². The zero-order valence-corrected chi connectivity index (χ0v) is 16.1. The number of ether oxygens (including phenoxy) is 1. The summed E-state index contributed by atoms with van der Waals surface area (Å²) in [6.45, 7) is 0.288. The van der Waals surface area contributed by atoms with Crippen molar-refractivity contribution in [1.82, 2.24) is 5.32 Å². The molecule has 29 heavy (non-hydrogen) atoms. The highest BCUT2D eigenvalue weighted by Crippen LogP contribution is 2.26. The number of nitrogens with zero attached hydrogens (tertiary/aromatic N) is 1. The molecule has 3 amide bonds. The molecule has 4 rings (SSSR count). The number of hydrogen-bond acceptors (Lipinski definition) is 3. The van der Waals surface area contributed by atoms with Crippen LogP contribution in [0, 0.1) is 0 Å². The first-order valence-electron chi connectivity index (χ1n) is 9.01. The van der Waals surface area contributed by atoms with E-state index in [1.807, 2.05) is 42.5 Å². The minimum Gasteiger partial charge on any atom is -0.488 e. The lowest BCUT2D eigenvalue weighted by atomic mass is 10.1. The molecule has 5 nitrogen and oxygen atoms in total. The van der Waals surface area contributed by atoms with Gasteiger partial charge in [0, 0.05) is 16.1 Å². The van der Waals surface area contributed by atoms with E-state index >= 15 is 0 Å². The number of halogens is 1. The first-order chi connectivity index (χ1) is 14.1. The van der Waals surface area contributed by atoms with Crippen molar-refractivity contribution >= 4 is 35.3 Å². The quantitative estimate of drug-likeness (QED) is 0.480. The van der Waals surface area contributed by atoms with E-state index in [9.17, 15) is 9.59 Å². The van der Waals surface area contributed by atoms with Gasteiger partial charge in [-0.15, -0.1) is 0 Å². The van der Waals surface area contributed by atoms with E-state index in [-0.39, 0.29) is 12.3 Å². The fourth-order valence-electron chi connectivity index (χ4n) is 3.00. The molecule has 0 atom stereocenters. The number of rotatable bonds is 5. The Kier molecular flexibility index (Phi) is 5.31. The third-order valence-electron chi connectivity index (χ3n) is 4.45. The van der Waals surface area contributed by atoms with Crippen molar-refractivity contribution in [1.29, 1.82) is 0 Å². The zero-order valence-electron chi connectivity index (χ0n) is 15.3. The molecule has 1 fully saturated rings. The molecular weight excluding hydrogens is 388 g/mol. The van der Waals surface area contributed by atoms with E-state index in [1.54, 1.807) is 42.5 Å². The van der Waals surface area contributed by atoms with E-state index < -0.39 is 11.9 Å². The molecule has 3 aromatic carbocycles. The second kappa shape index (κ2) is 8.20. The minimum atomic E-state index is -0.484. The Morgan fingerprint density at radius 3 is 2.38 bits per heavy atom. The van der Waals surface area contributed by atoms with Gasteiger partial charge >= 0.3 is 6.03 Å². The van der Waals surface area contributed by atoms with Crippen molar-refractivity contribution in [3.05, 3.63) is 101 Å². The summed E-state index contributed by atoms with van der Waals surface area (Å²) in [4.78, 5) is 26.2. The third kappa shape index (κ3) is 4.00. The number of benzene rings is 3. The van der Waals surface area contributed by atoms with Gasteiger partial charge in [0.15, 0.2) is 0 Å². The number of carbonyl (C=O) groups is 2. The maximum atomic E-state index is 12.8. The van der Waals surface area contributed by atoms with Gasteiger partial charge in [0.2, 0.25) is 0 Å². The summed E-state index contributed by atoms with van der Waals surface area (Å²) in [7, 11) is 0. The fourth-order valence-corrected chi connectivity index (χ4v) is 3.19. The molecular formula is C23H17ClN2O3. The van der Waals surface area contributed by atoms with E-state index in [1.165, 1.54) is 0 Å². The second-order valence-electron chi connectivity index (χ2n) is 6.38. The second-order valence-corrected chi connectivity index (χ2v) is 6.79. The highest BCUT2D eigenvalue weighted by Gasteiger charge is 2.34. The summed E-state index contributed by atoms with van der Waals surface area (Å²) in [5.74, 6) is 0.169. The van der Waals surface area contributed by atoms with Crippen LogP contribution < -0.4 is 15.0 Å². The maximum Gasteiger partial charge on any atom is 0.333 e. The van der Waals surface area contributed by atoms with Gasteiger partial charge in [-0.25, -0.2) is 9.69 Å². The van der Waals surface area contributed by atoms with Gasteiger partial charge in [0.05, 0.1) is 5.69 Å². The van der Waals surface area contributed by atoms with Crippen LogP contribution in [-0.4, -0.2) is 11.9 Å². The number of nitrogens with one attached hydrogen (secondary N) is 1. The predicted octanol–water partition coefficient (Wildman–Crippen LogP) is 5.02.